The summed E-state index contributed by atoms with van der Waals surface area (Å²) in [5.41, 5.74) is -0.0322. The van der Waals surface area contributed by atoms with E-state index in [-0.39, 0.29) is 6.54 Å². The number of nitrogens with one attached hydrogen (secondary N) is 2. The highest BCUT2D eigenvalue weighted by atomic mass is 16.3. The van der Waals surface area contributed by atoms with Gasteiger partial charge >= 0.3 is 6.03 Å². The van der Waals surface area contributed by atoms with Crippen molar-refractivity contribution < 1.29 is 14.3 Å². The van der Waals surface area contributed by atoms with Crippen molar-refractivity contribution in [3.05, 3.63) is 41.4 Å². The van der Waals surface area contributed by atoms with Crippen LogP contribution in [0.5, 0.6) is 0 Å². The molecule has 7 heteroatoms. The maximum absolute atomic E-state index is 12.0. The fourth-order valence-corrected chi connectivity index (χ4v) is 2.64. The molecule has 3 rings (SSSR count). The Labute approximate surface area is 140 Å². The van der Waals surface area contributed by atoms with Crippen molar-refractivity contribution in [3.8, 4) is 0 Å². The number of rotatable bonds is 5. The molecule has 1 atom stereocenters. The highest BCUT2D eigenvalue weighted by Crippen LogP contribution is 2.37. The third-order valence-electron chi connectivity index (χ3n) is 4.09. The summed E-state index contributed by atoms with van der Waals surface area (Å²) in [5, 5.41) is 15.9. The Kier molecular flexibility index (Phi) is 4.28. The molecule has 2 aromatic rings. The maximum Gasteiger partial charge on any atom is 0.319 e. The van der Waals surface area contributed by atoms with Crippen LogP contribution in [0.25, 0.3) is 0 Å². The lowest BCUT2D eigenvalue weighted by Crippen LogP contribution is -2.40. The Bertz CT molecular complexity index is 733. The molecule has 128 valence electrons. The van der Waals surface area contributed by atoms with E-state index < -0.39 is 11.6 Å². The van der Waals surface area contributed by atoms with Gasteiger partial charge in [-0.05, 0) is 39.7 Å². The van der Waals surface area contributed by atoms with Crippen LogP contribution in [0.2, 0.25) is 0 Å². The Morgan fingerprint density at radius 3 is 2.58 bits per heavy atom. The number of aromatic nitrogens is 2. The van der Waals surface area contributed by atoms with Crippen molar-refractivity contribution in [1.29, 1.82) is 0 Å². The number of amides is 2. The first kappa shape index (κ1) is 16.4. The lowest BCUT2D eigenvalue weighted by atomic mass is 9.96. The Morgan fingerprint density at radius 1 is 1.38 bits per heavy atom. The molecule has 3 N–H and O–H groups in total. The van der Waals surface area contributed by atoms with Crippen molar-refractivity contribution in [2.24, 2.45) is 0 Å². The second kappa shape index (κ2) is 6.24. The van der Waals surface area contributed by atoms with Crippen LogP contribution in [-0.4, -0.2) is 27.7 Å². The number of carbonyl (C=O) groups is 1. The van der Waals surface area contributed by atoms with Gasteiger partial charge in [0.25, 0.3) is 0 Å². The van der Waals surface area contributed by atoms with Gasteiger partial charge in [-0.1, -0.05) is 0 Å². The fourth-order valence-electron chi connectivity index (χ4n) is 2.64. The zero-order chi connectivity index (χ0) is 17.3. The molecule has 24 heavy (non-hydrogen) atoms. The van der Waals surface area contributed by atoms with Gasteiger partial charge in [0.05, 0.1) is 24.6 Å². The summed E-state index contributed by atoms with van der Waals surface area (Å²) < 4.78 is 5.43. The smallest absolute Gasteiger partial charge is 0.319 e. The number of hydrogen-bond acceptors (Lipinski definition) is 5. The first-order chi connectivity index (χ1) is 11.3. The summed E-state index contributed by atoms with van der Waals surface area (Å²) >= 11 is 0. The maximum atomic E-state index is 12.0. The number of aryl methyl sites for hydroxylation is 2. The molecule has 1 unspecified atom stereocenters. The second-order valence-electron chi connectivity index (χ2n) is 6.51. The molecule has 0 spiro atoms. The van der Waals surface area contributed by atoms with Crippen LogP contribution in [-0.2, 0) is 5.60 Å². The zero-order valence-electron chi connectivity index (χ0n) is 14.1. The van der Waals surface area contributed by atoms with Gasteiger partial charge in [0.1, 0.15) is 22.9 Å². The Morgan fingerprint density at radius 2 is 2.04 bits per heavy atom. The normalized spacial score (nSPS) is 16.5. The van der Waals surface area contributed by atoms with E-state index in [1.54, 1.807) is 32.3 Å². The predicted octanol–water partition coefficient (Wildman–Crippen LogP) is 2.59. The van der Waals surface area contributed by atoms with E-state index in [0.717, 1.165) is 24.4 Å². The Hall–Kier alpha value is -2.41. The molecule has 0 saturated heterocycles. The number of nitrogens with zero attached hydrogens (tertiary/aromatic N) is 2. The van der Waals surface area contributed by atoms with Crippen LogP contribution >= 0.6 is 0 Å². The van der Waals surface area contributed by atoms with Crippen molar-refractivity contribution in [1.82, 2.24) is 15.3 Å². The quantitative estimate of drug-likeness (QED) is 0.782. The van der Waals surface area contributed by atoms with Crippen LogP contribution in [0.3, 0.4) is 0 Å². The van der Waals surface area contributed by atoms with Crippen molar-refractivity contribution in [2.75, 3.05) is 11.9 Å². The third kappa shape index (κ3) is 3.73. The minimum Gasteiger partial charge on any atom is -0.466 e. The van der Waals surface area contributed by atoms with Gasteiger partial charge in [-0.3, -0.25) is 0 Å². The molecule has 0 radical (unpaired) electrons. The van der Waals surface area contributed by atoms with Crippen LogP contribution in [0, 0.1) is 13.8 Å². The van der Waals surface area contributed by atoms with E-state index in [4.69, 9.17) is 4.42 Å². The fraction of sp³-hybridized carbons (Fsp3) is 0.471. The van der Waals surface area contributed by atoms with Crippen LogP contribution in [0.4, 0.5) is 10.5 Å². The monoisotopic (exact) mass is 330 g/mol. The number of hydrogen-bond donors (Lipinski definition) is 3. The summed E-state index contributed by atoms with van der Waals surface area (Å²) in [6, 6.07) is 1.36. The number of anilines is 1. The standard InChI is InChI=1S/C17H22N4O3/c1-10-6-14(11(2)24-10)17(3,23)9-20-16(22)21-13-7-18-15(19-8-13)12-4-5-12/h6-8,12,23H,4-5,9H2,1-3H3,(H2,20,21,22). The zero-order valence-corrected chi connectivity index (χ0v) is 14.1. The summed E-state index contributed by atoms with van der Waals surface area (Å²) in [4.78, 5) is 20.5. The summed E-state index contributed by atoms with van der Waals surface area (Å²) in [7, 11) is 0. The lowest BCUT2D eigenvalue weighted by molar-refractivity contribution is 0.0584. The van der Waals surface area contributed by atoms with Crippen LogP contribution < -0.4 is 10.6 Å². The SMILES string of the molecule is Cc1cc(C(C)(O)CNC(=O)Nc2cnc(C3CC3)nc2)c(C)o1. The van der Waals surface area contributed by atoms with E-state index in [0.29, 0.717) is 22.9 Å². The molecular formula is C17H22N4O3. The van der Waals surface area contributed by atoms with Crippen LogP contribution in [0.1, 0.15) is 48.6 Å². The molecule has 2 amide bonds. The molecule has 0 bridgehead atoms. The first-order valence-corrected chi connectivity index (χ1v) is 8.02. The van der Waals surface area contributed by atoms with Crippen molar-refractivity contribution in [3.63, 3.8) is 0 Å². The van der Waals surface area contributed by atoms with Gasteiger partial charge in [0.2, 0.25) is 0 Å². The van der Waals surface area contributed by atoms with Gasteiger partial charge in [0, 0.05) is 11.5 Å². The summed E-state index contributed by atoms with van der Waals surface area (Å²) in [6.07, 6.45) is 5.47. The largest absolute Gasteiger partial charge is 0.466 e. The molecule has 1 saturated carbocycles. The highest BCUT2D eigenvalue weighted by Gasteiger charge is 2.28. The predicted molar refractivity (Wildman–Crippen MR) is 88.8 cm³/mol. The van der Waals surface area contributed by atoms with E-state index in [9.17, 15) is 9.90 Å². The molecule has 1 fully saturated rings. The van der Waals surface area contributed by atoms with Crippen molar-refractivity contribution >= 4 is 11.7 Å². The lowest BCUT2D eigenvalue weighted by Gasteiger charge is -2.23. The number of urea groups is 1. The topological polar surface area (TPSA) is 100 Å². The summed E-state index contributed by atoms with van der Waals surface area (Å²) in [5.74, 6) is 2.67. The average molecular weight is 330 g/mol. The first-order valence-electron chi connectivity index (χ1n) is 8.02. The molecule has 1 aliphatic rings. The minimum absolute atomic E-state index is 0.0552. The molecule has 0 aromatic carbocycles. The molecule has 2 heterocycles. The van der Waals surface area contributed by atoms with Gasteiger partial charge in [-0.25, -0.2) is 14.8 Å². The van der Waals surface area contributed by atoms with E-state index in [1.807, 2.05) is 6.92 Å². The summed E-state index contributed by atoms with van der Waals surface area (Å²) in [6.45, 7) is 5.30. The minimum atomic E-state index is -1.22. The van der Waals surface area contributed by atoms with Gasteiger partial charge in [-0.2, -0.15) is 0 Å². The molecular weight excluding hydrogens is 308 g/mol. The third-order valence-corrected chi connectivity index (χ3v) is 4.09. The molecule has 1 aliphatic carbocycles. The second-order valence-corrected chi connectivity index (χ2v) is 6.51. The number of carbonyl (C=O) groups excluding carboxylic acids is 1. The average Bonchev–Trinajstić information content (AvgIpc) is 3.31. The van der Waals surface area contributed by atoms with E-state index in [1.165, 1.54) is 0 Å². The van der Waals surface area contributed by atoms with Gasteiger partial charge < -0.3 is 20.2 Å². The molecule has 7 nitrogen and oxygen atoms in total. The van der Waals surface area contributed by atoms with Crippen molar-refractivity contribution in [2.45, 2.75) is 45.1 Å². The number of furan rings is 1. The van der Waals surface area contributed by atoms with Crippen LogP contribution in [0.15, 0.2) is 22.9 Å². The van der Waals surface area contributed by atoms with E-state index in [2.05, 4.69) is 20.6 Å². The molecule has 0 aliphatic heterocycles. The highest BCUT2D eigenvalue weighted by molar-refractivity contribution is 5.88. The number of aliphatic hydroxyl groups is 1. The molecule has 2 aromatic heterocycles. The Balaban J connectivity index is 1.55. The van der Waals surface area contributed by atoms with Gasteiger partial charge in [0.15, 0.2) is 0 Å². The van der Waals surface area contributed by atoms with Gasteiger partial charge in [-0.15, -0.1) is 0 Å². The van der Waals surface area contributed by atoms with E-state index >= 15 is 0 Å².